The number of rotatable bonds is 1. The summed E-state index contributed by atoms with van der Waals surface area (Å²) in [6.07, 6.45) is 0.741. The molecular formula is C12H15FO2. The van der Waals surface area contributed by atoms with E-state index in [1.807, 2.05) is 6.07 Å². The van der Waals surface area contributed by atoms with Crippen LogP contribution >= 0.6 is 0 Å². The third-order valence-electron chi connectivity index (χ3n) is 2.91. The van der Waals surface area contributed by atoms with Gasteiger partial charge in [-0.3, -0.25) is 0 Å². The van der Waals surface area contributed by atoms with E-state index in [1.165, 1.54) is 6.07 Å². The van der Waals surface area contributed by atoms with E-state index in [4.69, 9.17) is 4.74 Å². The second-order valence-corrected chi connectivity index (χ2v) is 3.99. The van der Waals surface area contributed by atoms with Crippen LogP contribution in [0.1, 0.15) is 30.1 Å². The monoisotopic (exact) mass is 210 g/mol. The highest BCUT2D eigenvalue weighted by molar-refractivity contribution is 5.29. The van der Waals surface area contributed by atoms with E-state index in [1.54, 1.807) is 13.0 Å². The molecule has 0 amide bonds. The first-order chi connectivity index (χ1) is 7.18. The van der Waals surface area contributed by atoms with Crippen molar-refractivity contribution in [2.45, 2.75) is 32.0 Å². The van der Waals surface area contributed by atoms with Crippen LogP contribution in [0.25, 0.3) is 0 Å². The summed E-state index contributed by atoms with van der Waals surface area (Å²) in [7, 11) is 0. The van der Waals surface area contributed by atoms with Crippen molar-refractivity contribution >= 4 is 0 Å². The largest absolute Gasteiger partial charge is 0.393 e. The van der Waals surface area contributed by atoms with Crippen LogP contribution in [-0.2, 0) is 4.74 Å². The molecule has 2 nitrogen and oxygen atoms in total. The lowest BCUT2D eigenvalue weighted by molar-refractivity contribution is -0.0451. The fraction of sp³-hybridized carbons (Fsp3) is 0.500. The van der Waals surface area contributed by atoms with Gasteiger partial charge in [0.2, 0.25) is 0 Å². The number of benzene rings is 1. The van der Waals surface area contributed by atoms with Gasteiger partial charge in [0, 0.05) is 13.0 Å². The van der Waals surface area contributed by atoms with E-state index in [2.05, 4.69) is 0 Å². The van der Waals surface area contributed by atoms with Crippen molar-refractivity contribution in [1.82, 2.24) is 0 Å². The van der Waals surface area contributed by atoms with Gasteiger partial charge in [-0.2, -0.15) is 0 Å². The molecule has 1 aliphatic rings. The number of aliphatic hydroxyl groups is 1. The van der Waals surface area contributed by atoms with E-state index in [-0.39, 0.29) is 18.0 Å². The predicted octanol–water partition coefficient (Wildman–Crippen LogP) is 2.35. The van der Waals surface area contributed by atoms with Crippen LogP contribution in [0.3, 0.4) is 0 Å². The zero-order valence-corrected chi connectivity index (χ0v) is 8.74. The molecule has 1 N–H and O–H groups in total. The summed E-state index contributed by atoms with van der Waals surface area (Å²) in [4.78, 5) is 0. The van der Waals surface area contributed by atoms with Gasteiger partial charge in [-0.25, -0.2) is 4.39 Å². The van der Waals surface area contributed by atoms with E-state index in [0.717, 1.165) is 5.56 Å². The molecule has 1 aromatic carbocycles. The van der Waals surface area contributed by atoms with Crippen molar-refractivity contribution in [3.05, 3.63) is 35.1 Å². The molecule has 1 aromatic rings. The van der Waals surface area contributed by atoms with Crippen molar-refractivity contribution in [3.63, 3.8) is 0 Å². The summed E-state index contributed by atoms with van der Waals surface area (Å²) in [5.41, 5.74) is 1.48. The van der Waals surface area contributed by atoms with E-state index >= 15 is 0 Å². The molecule has 0 radical (unpaired) electrons. The van der Waals surface area contributed by atoms with Gasteiger partial charge >= 0.3 is 0 Å². The fourth-order valence-corrected chi connectivity index (χ4v) is 1.97. The molecule has 1 fully saturated rings. The number of hydrogen-bond acceptors (Lipinski definition) is 2. The third-order valence-corrected chi connectivity index (χ3v) is 2.91. The Bertz CT molecular complexity index is 351. The number of aliphatic hydroxyl groups excluding tert-OH is 1. The molecular weight excluding hydrogens is 195 g/mol. The zero-order valence-electron chi connectivity index (χ0n) is 8.74. The molecule has 0 aliphatic carbocycles. The first-order valence-corrected chi connectivity index (χ1v) is 5.23. The normalized spacial score (nSPS) is 26.6. The second-order valence-electron chi connectivity index (χ2n) is 3.99. The predicted molar refractivity (Wildman–Crippen MR) is 55.1 cm³/mol. The Labute approximate surface area is 88.7 Å². The molecule has 2 atom stereocenters. The Morgan fingerprint density at radius 2 is 2.27 bits per heavy atom. The lowest BCUT2D eigenvalue weighted by Gasteiger charge is -2.27. The molecule has 15 heavy (non-hydrogen) atoms. The molecule has 0 spiro atoms. The molecule has 0 saturated carbocycles. The van der Waals surface area contributed by atoms with Crippen LogP contribution in [0.4, 0.5) is 4.39 Å². The minimum atomic E-state index is -0.327. The van der Waals surface area contributed by atoms with Crippen molar-refractivity contribution in [3.8, 4) is 0 Å². The van der Waals surface area contributed by atoms with Gasteiger partial charge in [0.25, 0.3) is 0 Å². The summed E-state index contributed by atoms with van der Waals surface area (Å²) < 4.78 is 18.9. The zero-order chi connectivity index (χ0) is 10.8. The third kappa shape index (κ3) is 2.19. The first kappa shape index (κ1) is 10.6. The van der Waals surface area contributed by atoms with Crippen LogP contribution in [0.2, 0.25) is 0 Å². The maximum absolute atomic E-state index is 13.3. The molecule has 1 aliphatic heterocycles. The Hall–Kier alpha value is -0.930. The first-order valence-electron chi connectivity index (χ1n) is 5.23. The minimum absolute atomic E-state index is 0.163. The number of halogens is 1. The average Bonchev–Trinajstić information content (AvgIpc) is 2.22. The SMILES string of the molecule is Cc1c(F)cccc1C1CC(O)CCO1. The topological polar surface area (TPSA) is 29.5 Å². The van der Waals surface area contributed by atoms with E-state index < -0.39 is 0 Å². The molecule has 82 valence electrons. The lowest BCUT2D eigenvalue weighted by atomic mass is 9.96. The van der Waals surface area contributed by atoms with Crippen molar-refractivity contribution in [2.75, 3.05) is 6.61 Å². The van der Waals surface area contributed by atoms with Gasteiger partial charge in [-0.05, 0) is 30.5 Å². The summed E-state index contributed by atoms with van der Waals surface area (Å²) in [5, 5.41) is 9.53. The molecule has 1 saturated heterocycles. The molecule has 0 bridgehead atoms. The number of hydrogen-bond donors (Lipinski definition) is 1. The smallest absolute Gasteiger partial charge is 0.126 e. The van der Waals surface area contributed by atoms with Crippen molar-refractivity contribution < 1.29 is 14.2 Å². The highest BCUT2D eigenvalue weighted by atomic mass is 19.1. The van der Waals surface area contributed by atoms with Crippen LogP contribution in [0.5, 0.6) is 0 Å². The van der Waals surface area contributed by atoms with Gasteiger partial charge in [0.05, 0.1) is 12.2 Å². The Kier molecular flexibility index (Phi) is 3.03. The highest BCUT2D eigenvalue weighted by Crippen LogP contribution is 2.30. The van der Waals surface area contributed by atoms with Gasteiger partial charge < -0.3 is 9.84 Å². The van der Waals surface area contributed by atoms with E-state index in [0.29, 0.717) is 25.0 Å². The Morgan fingerprint density at radius 1 is 1.47 bits per heavy atom. The van der Waals surface area contributed by atoms with Crippen LogP contribution in [-0.4, -0.2) is 17.8 Å². The van der Waals surface area contributed by atoms with Gasteiger partial charge in [-0.15, -0.1) is 0 Å². The Balaban J connectivity index is 2.24. The quantitative estimate of drug-likeness (QED) is 0.771. The molecule has 2 unspecified atom stereocenters. The second kappa shape index (κ2) is 4.29. The molecule has 0 aromatic heterocycles. The standard InChI is InChI=1S/C12H15FO2/c1-8-10(3-2-4-11(8)13)12-7-9(14)5-6-15-12/h2-4,9,12,14H,5-7H2,1H3. The van der Waals surface area contributed by atoms with Crippen molar-refractivity contribution in [1.29, 1.82) is 0 Å². The maximum atomic E-state index is 13.3. The minimum Gasteiger partial charge on any atom is -0.393 e. The summed E-state index contributed by atoms with van der Waals surface area (Å²) in [6, 6.07) is 4.99. The fourth-order valence-electron chi connectivity index (χ4n) is 1.97. The lowest BCUT2D eigenvalue weighted by Crippen LogP contribution is -2.24. The molecule has 1 heterocycles. The summed E-state index contributed by atoms with van der Waals surface area (Å²) in [6.45, 7) is 2.29. The van der Waals surface area contributed by atoms with Gasteiger partial charge in [-0.1, -0.05) is 12.1 Å². The highest BCUT2D eigenvalue weighted by Gasteiger charge is 2.24. The maximum Gasteiger partial charge on any atom is 0.126 e. The van der Waals surface area contributed by atoms with Gasteiger partial charge in [0.1, 0.15) is 5.82 Å². The Morgan fingerprint density at radius 3 is 3.00 bits per heavy atom. The van der Waals surface area contributed by atoms with Gasteiger partial charge in [0.15, 0.2) is 0 Å². The summed E-state index contributed by atoms with van der Waals surface area (Å²) >= 11 is 0. The molecule has 3 heteroatoms. The van der Waals surface area contributed by atoms with Crippen molar-refractivity contribution in [2.24, 2.45) is 0 Å². The molecule has 2 rings (SSSR count). The number of ether oxygens (including phenoxy) is 1. The van der Waals surface area contributed by atoms with Crippen LogP contribution in [0, 0.1) is 12.7 Å². The van der Waals surface area contributed by atoms with E-state index in [9.17, 15) is 9.50 Å². The summed E-state index contributed by atoms with van der Waals surface area (Å²) in [5.74, 6) is -0.212. The van der Waals surface area contributed by atoms with Crippen LogP contribution < -0.4 is 0 Å². The average molecular weight is 210 g/mol. The van der Waals surface area contributed by atoms with Crippen LogP contribution in [0.15, 0.2) is 18.2 Å².